The molecule has 1 unspecified atom stereocenters. The third-order valence-electron chi connectivity index (χ3n) is 4.07. The molecule has 1 saturated heterocycles. The van der Waals surface area contributed by atoms with Crippen LogP contribution >= 0.6 is 11.6 Å². The second-order valence-corrected chi connectivity index (χ2v) is 6.24. The van der Waals surface area contributed by atoms with Crippen molar-refractivity contribution in [3.05, 3.63) is 57.7 Å². The highest BCUT2D eigenvalue weighted by Gasteiger charge is 2.24. The molecular formula is C17H18ClN3O3. The summed E-state index contributed by atoms with van der Waals surface area (Å²) < 4.78 is 5.84. The van der Waals surface area contributed by atoms with Crippen LogP contribution in [0.1, 0.15) is 12.8 Å². The lowest BCUT2D eigenvalue weighted by molar-refractivity contribution is -0.385. The van der Waals surface area contributed by atoms with E-state index in [0.717, 1.165) is 31.7 Å². The van der Waals surface area contributed by atoms with Crippen molar-refractivity contribution in [3.63, 3.8) is 0 Å². The summed E-state index contributed by atoms with van der Waals surface area (Å²) in [5, 5.41) is 11.1. The van der Waals surface area contributed by atoms with Crippen molar-refractivity contribution in [1.82, 2.24) is 4.98 Å². The third-order valence-corrected chi connectivity index (χ3v) is 4.34. The molecule has 0 radical (unpaired) electrons. The van der Waals surface area contributed by atoms with Gasteiger partial charge < -0.3 is 9.64 Å². The second-order valence-electron chi connectivity index (χ2n) is 5.83. The zero-order valence-electron chi connectivity index (χ0n) is 13.1. The van der Waals surface area contributed by atoms with Gasteiger partial charge in [0.25, 0.3) is 5.69 Å². The van der Waals surface area contributed by atoms with E-state index in [2.05, 4.69) is 9.88 Å². The lowest BCUT2D eigenvalue weighted by Gasteiger charge is -2.33. The van der Waals surface area contributed by atoms with Gasteiger partial charge in [-0.3, -0.25) is 10.1 Å². The molecule has 1 aliphatic rings. The molecule has 0 saturated carbocycles. The summed E-state index contributed by atoms with van der Waals surface area (Å²) in [6.07, 6.45) is 3.34. The highest BCUT2D eigenvalue weighted by Crippen LogP contribution is 2.30. The Morgan fingerprint density at radius 2 is 2.17 bits per heavy atom. The van der Waals surface area contributed by atoms with E-state index in [4.69, 9.17) is 16.3 Å². The first-order chi connectivity index (χ1) is 11.6. The number of pyridine rings is 1. The summed E-state index contributed by atoms with van der Waals surface area (Å²) in [7, 11) is 0. The first-order valence-corrected chi connectivity index (χ1v) is 8.24. The zero-order valence-corrected chi connectivity index (χ0v) is 13.9. The normalized spacial score (nSPS) is 17.5. The number of rotatable bonds is 5. The van der Waals surface area contributed by atoms with Gasteiger partial charge in [0.2, 0.25) is 0 Å². The van der Waals surface area contributed by atoms with Crippen LogP contribution in [-0.4, -0.2) is 29.6 Å². The summed E-state index contributed by atoms with van der Waals surface area (Å²) >= 11 is 6.19. The smallest absolute Gasteiger partial charge is 0.289 e. The van der Waals surface area contributed by atoms with E-state index >= 15 is 0 Å². The van der Waals surface area contributed by atoms with Crippen LogP contribution in [0, 0.1) is 16.0 Å². The maximum absolute atomic E-state index is 10.8. The minimum atomic E-state index is -0.491. The first kappa shape index (κ1) is 16.5. The molecular weight excluding hydrogens is 330 g/mol. The minimum Gasteiger partial charge on any atom is -0.493 e. The number of benzene rings is 1. The van der Waals surface area contributed by atoms with Crippen LogP contribution in [0.3, 0.4) is 0 Å². The molecule has 6 nitrogen and oxygen atoms in total. The molecule has 7 heteroatoms. The Kier molecular flexibility index (Phi) is 5.15. The number of anilines is 1. The fourth-order valence-corrected chi connectivity index (χ4v) is 3.16. The molecule has 1 aliphatic heterocycles. The number of piperidine rings is 1. The highest BCUT2D eigenvalue weighted by molar-refractivity contribution is 6.33. The van der Waals surface area contributed by atoms with Crippen LogP contribution in [0.25, 0.3) is 0 Å². The van der Waals surface area contributed by atoms with Crippen molar-refractivity contribution < 1.29 is 9.66 Å². The molecule has 24 heavy (non-hydrogen) atoms. The molecule has 126 valence electrons. The Morgan fingerprint density at radius 3 is 2.88 bits per heavy atom. The van der Waals surface area contributed by atoms with Crippen LogP contribution in [0.15, 0.2) is 42.6 Å². The molecule has 1 atom stereocenters. The fraction of sp³-hybridized carbons (Fsp3) is 0.353. The maximum Gasteiger partial charge on any atom is 0.289 e. The van der Waals surface area contributed by atoms with Crippen LogP contribution in [0.2, 0.25) is 5.02 Å². The van der Waals surface area contributed by atoms with Crippen molar-refractivity contribution in [1.29, 1.82) is 0 Å². The number of hydrogen-bond donors (Lipinski definition) is 0. The van der Waals surface area contributed by atoms with Crippen molar-refractivity contribution in [2.24, 2.45) is 5.92 Å². The predicted octanol–water partition coefficient (Wildman–Crippen LogP) is 3.94. The first-order valence-electron chi connectivity index (χ1n) is 7.86. The average molecular weight is 348 g/mol. The van der Waals surface area contributed by atoms with Gasteiger partial charge in [0.1, 0.15) is 17.8 Å². The van der Waals surface area contributed by atoms with E-state index < -0.39 is 4.92 Å². The number of ether oxygens (including phenoxy) is 1. The number of nitro groups is 1. The van der Waals surface area contributed by atoms with Gasteiger partial charge >= 0.3 is 0 Å². The molecule has 1 aromatic heterocycles. The molecule has 0 spiro atoms. The molecule has 1 aromatic carbocycles. The molecule has 2 heterocycles. The van der Waals surface area contributed by atoms with Crippen molar-refractivity contribution >= 4 is 23.1 Å². The van der Waals surface area contributed by atoms with E-state index in [1.165, 1.54) is 12.3 Å². The Bertz CT molecular complexity index is 711. The quantitative estimate of drug-likeness (QED) is 0.605. The number of para-hydroxylation sites is 1. The van der Waals surface area contributed by atoms with Crippen molar-refractivity contribution in [3.8, 4) is 5.75 Å². The third kappa shape index (κ3) is 3.94. The second kappa shape index (κ2) is 7.49. The largest absolute Gasteiger partial charge is 0.493 e. The Morgan fingerprint density at radius 1 is 1.38 bits per heavy atom. The number of nitrogens with zero attached hydrogens (tertiary/aromatic N) is 3. The summed E-state index contributed by atoms with van der Waals surface area (Å²) in [5.74, 6) is 1.83. The average Bonchev–Trinajstić information content (AvgIpc) is 2.61. The van der Waals surface area contributed by atoms with Crippen LogP contribution < -0.4 is 9.64 Å². The highest BCUT2D eigenvalue weighted by atomic mass is 35.5. The SMILES string of the molecule is O=[N+]([O-])c1cnc(N2CCCC(COc3ccccc3)C2)c(Cl)c1. The Balaban J connectivity index is 1.64. The van der Waals surface area contributed by atoms with Gasteiger partial charge in [-0.05, 0) is 25.0 Å². The molecule has 0 N–H and O–H groups in total. The van der Waals surface area contributed by atoms with E-state index in [9.17, 15) is 10.1 Å². The summed E-state index contributed by atoms with van der Waals surface area (Å²) in [6, 6.07) is 11.1. The number of aromatic nitrogens is 1. The van der Waals surface area contributed by atoms with Gasteiger partial charge in [-0.2, -0.15) is 0 Å². The summed E-state index contributed by atoms with van der Waals surface area (Å²) in [4.78, 5) is 16.6. The van der Waals surface area contributed by atoms with Crippen LogP contribution in [0.5, 0.6) is 5.75 Å². The molecule has 1 fully saturated rings. The van der Waals surface area contributed by atoms with Gasteiger partial charge in [-0.15, -0.1) is 0 Å². The maximum atomic E-state index is 10.8. The molecule has 3 rings (SSSR count). The molecule has 0 amide bonds. The lowest BCUT2D eigenvalue weighted by atomic mass is 9.99. The van der Waals surface area contributed by atoms with Crippen LogP contribution in [0.4, 0.5) is 11.5 Å². The number of halogens is 1. The van der Waals surface area contributed by atoms with Gasteiger partial charge in [0, 0.05) is 25.1 Å². The van der Waals surface area contributed by atoms with Crippen molar-refractivity contribution in [2.75, 3.05) is 24.6 Å². The van der Waals surface area contributed by atoms with Crippen LogP contribution in [-0.2, 0) is 0 Å². The number of hydrogen-bond acceptors (Lipinski definition) is 5. The lowest BCUT2D eigenvalue weighted by Crippen LogP contribution is -2.38. The topological polar surface area (TPSA) is 68.5 Å². The van der Waals surface area contributed by atoms with E-state index in [1.807, 2.05) is 30.3 Å². The Hall–Kier alpha value is -2.34. The standard InChI is InChI=1S/C17H18ClN3O3/c18-16-9-14(21(22)23)10-19-17(16)20-8-4-5-13(11-20)12-24-15-6-2-1-3-7-15/h1-3,6-7,9-10,13H,4-5,8,11-12H2. The zero-order chi connectivity index (χ0) is 16.9. The minimum absolute atomic E-state index is 0.0929. The Labute approximate surface area is 145 Å². The fourth-order valence-electron chi connectivity index (χ4n) is 2.88. The van der Waals surface area contributed by atoms with Gasteiger partial charge in [-0.25, -0.2) is 4.98 Å². The van der Waals surface area contributed by atoms with E-state index in [0.29, 0.717) is 23.4 Å². The molecule has 0 bridgehead atoms. The summed E-state index contributed by atoms with van der Waals surface area (Å²) in [5.41, 5.74) is -0.0929. The van der Waals surface area contributed by atoms with E-state index in [1.54, 1.807) is 0 Å². The van der Waals surface area contributed by atoms with E-state index in [-0.39, 0.29) is 5.69 Å². The van der Waals surface area contributed by atoms with Gasteiger partial charge in [-0.1, -0.05) is 29.8 Å². The molecule has 2 aromatic rings. The van der Waals surface area contributed by atoms with Crippen molar-refractivity contribution in [2.45, 2.75) is 12.8 Å². The molecule has 0 aliphatic carbocycles. The summed E-state index contributed by atoms with van der Waals surface area (Å²) in [6.45, 7) is 2.24. The van der Waals surface area contributed by atoms with Gasteiger partial charge in [0.05, 0.1) is 16.6 Å². The van der Waals surface area contributed by atoms with Gasteiger partial charge in [0.15, 0.2) is 0 Å². The monoisotopic (exact) mass is 347 g/mol. The predicted molar refractivity (Wildman–Crippen MR) is 92.8 cm³/mol.